The van der Waals surface area contributed by atoms with Crippen LogP contribution in [0.4, 0.5) is 0 Å². The molecular formula is C23H34O7. The molecule has 0 bridgehead atoms. The molecule has 30 heavy (non-hydrogen) atoms. The van der Waals surface area contributed by atoms with E-state index in [-0.39, 0.29) is 29.0 Å². The van der Waals surface area contributed by atoms with Crippen molar-refractivity contribution in [3.8, 4) is 0 Å². The maximum absolute atomic E-state index is 11.6. The van der Waals surface area contributed by atoms with Crippen molar-refractivity contribution in [1.29, 1.82) is 0 Å². The first-order valence-corrected chi connectivity index (χ1v) is 11.9. The Balaban J connectivity index is 1.29. The van der Waals surface area contributed by atoms with Gasteiger partial charge in [0, 0.05) is 42.4 Å². The first-order chi connectivity index (χ1) is 14.2. The van der Waals surface area contributed by atoms with Crippen LogP contribution >= 0.6 is 0 Å². The predicted octanol–water partition coefficient (Wildman–Crippen LogP) is 1.94. The minimum absolute atomic E-state index is 0.147. The van der Waals surface area contributed by atoms with Crippen molar-refractivity contribution in [3.63, 3.8) is 0 Å². The number of hydrogen-bond donors (Lipinski definition) is 2. The van der Waals surface area contributed by atoms with Gasteiger partial charge in [-0.15, -0.1) is 0 Å². The van der Waals surface area contributed by atoms with E-state index in [0.717, 1.165) is 32.1 Å². The van der Waals surface area contributed by atoms with Crippen LogP contribution in [-0.4, -0.2) is 65.7 Å². The maximum atomic E-state index is 11.6. The molecule has 0 aromatic carbocycles. The number of fused-ring (bicyclic) bond motifs is 5. The first kappa shape index (κ1) is 19.2. The summed E-state index contributed by atoms with van der Waals surface area (Å²) in [5.74, 6) is -2.67. The van der Waals surface area contributed by atoms with Crippen molar-refractivity contribution >= 4 is 0 Å². The van der Waals surface area contributed by atoms with Gasteiger partial charge in [-0.05, 0) is 31.1 Å². The van der Waals surface area contributed by atoms with E-state index < -0.39 is 22.8 Å². The van der Waals surface area contributed by atoms with Gasteiger partial charge in [-0.3, -0.25) is 0 Å². The topological polar surface area (TPSA) is 89.9 Å². The maximum Gasteiger partial charge on any atom is 0.174 e. The van der Waals surface area contributed by atoms with Crippen molar-refractivity contribution in [2.45, 2.75) is 87.9 Å². The Morgan fingerprint density at radius 3 is 2.23 bits per heavy atom. The van der Waals surface area contributed by atoms with Gasteiger partial charge in [0.15, 0.2) is 17.4 Å². The van der Waals surface area contributed by atoms with Gasteiger partial charge in [-0.1, -0.05) is 13.8 Å². The van der Waals surface area contributed by atoms with Gasteiger partial charge in [-0.25, -0.2) is 0 Å². The Bertz CT molecular complexity index is 772. The lowest BCUT2D eigenvalue weighted by atomic mass is 9.42. The Kier molecular flexibility index (Phi) is 3.48. The Hall–Kier alpha value is -0.280. The zero-order chi connectivity index (χ0) is 20.6. The number of aliphatic hydroxyl groups is 2. The molecule has 0 unspecified atom stereocenters. The Morgan fingerprint density at radius 1 is 0.800 bits per heavy atom. The number of rotatable bonds is 0. The van der Waals surface area contributed by atoms with Crippen molar-refractivity contribution in [2.24, 2.45) is 28.6 Å². The first-order valence-electron chi connectivity index (χ1n) is 11.9. The quantitative estimate of drug-likeness (QED) is 0.455. The SMILES string of the molecule is C[C@]12CC(O)(O)[C@H]3[C@@H](C[C@H]4O[C@]45CC4(CC[C@]35C)OCCO4)[C@@H]1CCC21OCCO1. The second kappa shape index (κ2) is 5.44. The van der Waals surface area contributed by atoms with Crippen molar-refractivity contribution in [1.82, 2.24) is 0 Å². The minimum Gasteiger partial charge on any atom is -0.365 e. The van der Waals surface area contributed by atoms with Crippen LogP contribution in [0.1, 0.15) is 58.8 Å². The molecule has 7 nitrogen and oxygen atoms in total. The van der Waals surface area contributed by atoms with Crippen molar-refractivity contribution in [2.75, 3.05) is 26.4 Å². The summed E-state index contributed by atoms with van der Waals surface area (Å²) in [4.78, 5) is 0. The number of hydrogen-bond acceptors (Lipinski definition) is 7. The zero-order valence-electron chi connectivity index (χ0n) is 18.0. The van der Waals surface area contributed by atoms with Gasteiger partial charge in [0.05, 0.1) is 32.5 Å². The lowest BCUT2D eigenvalue weighted by Crippen LogP contribution is -2.69. The molecule has 2 N–H and O–H groups in total. The van der Waals surface area contributed by atoms with Crippen LogP contribution in [0.3, 0.4) is 0 Å². The van der Waals surface area contributed by atoms with E-state index >= 15 is 0 Å². The third-order valence-corrected chi connectivity index (χ3v) is 10.6. The molecule has 7 aliphatic rings. The summed E-state index contributed by atoms with van der Waals surface area (Å²) in [5, 5.41) is 23.3. The molecular weight excluding hydrogens is 388 g/mol. The van der Waals surface area contributed by atoms with E-state index in [2.05, 4.69) is 13.8 Å². The average molecular weight is 423 g/mol. The Labute approximate surface area is 177 Å². The van der Waals surface area contributed by atoms with E-state index in [9.17, 15) is 10.2 Å². The summed E-state index contributed by atoms with van der Waals surface area (Å²) in [6.45, 7) is 6.86. The van der Waals surface area contributed by atoms with Crippen molar-refractivity contribution in [3.05, 3.63) is 0 Å². The summed E-state index contributed by atoms with van der Waals surface area (Å²) in [7, 11) is 0. The molecule has 3 heterocycles. The van der Waals surface area contributed by atoms with E-state index in [1.165, 1.54) is 0 Å². The predicted molar refractivity (Wildman–Crippen MR) is 103 cm³/mol. The second-order valence-corrected chi connectivity index (χ2v) is 11.6. The highest BCUT2D eigenvalue weighted by Crippen LogP contribution is 2.77. The van der Waals surface area contributed by atoms with Crippen LogP contribution in [0, 0.1) is 28.6 Å². The van der Waals surface area contributed by atoms with Crippen LogP contribution in [0.5, 0.6) is 0 Å². The summed E-state index contributed by atoms with van der Waals surface area (Å²) in [5.41, 5.74) is -1.07. The molecule has 0 aromatic heterocycles. The van der Waals surface area contributed by atoms with Crippen LogP contribution in [0.2, 0.25) is 0 Å². The average Bonchev–Trinajstić information content (AvgIpc) is 3.05. The third-order valence-electron chi connectivity index (χ3n) is 10.6. The normalized spacial score (nSPS) is 56.4. The highest BCUT2D eigenvalue weighted by atomic mass is 16.7. The van der Waals surface area contributed by atoms with Gasteiger partial charge in [0.1, 0.15) is 5.60 Å². The molecule has 3 spiro atoms. The molecule has 0 radical (unpaired) electrons. The smallest absolute Gasteiger partial charge is 0.174 e. The monoisotopic (exact) mass is 422 g/mol. The van der Waals surface area contributed by atoms with Crippen molar-refractivity contribution < 1.29 is 33.9 Å². The molecule has 7 heteroatoms. The number of epoxide rings is 1. The highest BCUT2D eigenvalue weighted by molar-refractivity contribution is 5.28. The molecule has 0 aromatic rings. The summed E-state index contributed by atoms with van der Waals surface area (Å²) in [6, 6.07) is 0. The van der Waals surface area contributed by atoms with E-state index in [4.69, 9.17) is 23.7 Å². The van der Waals surface area contributed by atoms with Gasteiger partial charge in [0.25, 0.3) is 0 Å². The van der Waals surface area contributed by atoms with Gasteiger partial charge in [-0.2, -0.15) is 0 Å². The van der Waals surface area contributed by atoms with E-state index in [1.807, 2.05) is 0 Å². The molecule has 3 saturated heterocycles. The molecule has 4 saturated carbocycles. The fraction of sp³-hybridized carbons (Fsp3) is 1.00. The largest absolute Gasteiger partial charge is 0.365 e. The van der Waals surface area contributed by atoms with Crippen LogP contribution in [0.15, 0.2) is 0 Å². The lowest BCUT2D eigenvalue weighted by Gasteiger charge is -2.64. The summed E-state index contributed by atoms with van der Waals surface area (Å²) in [6.07, 6.45) is 5.49. The molecule has 7 atom stereocenters. The molecule has 4 aliphatic carbocycles. The van der Waals surface area contributed by atoms with Gasteiger partial charge in [0.2, 0.25) is 0 Å². The van der Waals surface area contributed by atoms with Crippen LogP contribution in [0.25, 0.3) is 0 Å². The Morgan fingerprint density at radius 2 is 1.50 bits per heavy atom. The molecule has 0 amide bonds. The second-order valence-electron chi connectivity index (χ2n) is 11.6. The van der Waals surface area contributed by atoms with Gasteiger partial charge >= 0.3 is 0 Å². The number of ether oxygens (including phenoxy) is 5. The lowest BCUT2D eigenvalue weighted by molar-refractivity contribution is -0.344. The van der Waals surface area contributed by atoms with E-state index in [1.54, 1.807) is 0 Å². The van der Waals surface area contributed by atoms with Crippen LogP contribution < -0.4 is 0 Å². The summed E-state index contributed by atoms with van der Waals surface area (Å²) >= 11 is 0. The minimum atomic E-state index is -1.77. The summed E-state index contributed by atoms with van der Waals surface area (Å²) < 4.78 is 30.9. The molecule has 3 aliphatic heterocycles. The fourth-order valence-electron chi connectivity index (χ4n) is 9.50. The standard InChI is InChI=1S/C23H34O7/c1-18-5-6-20(26-7-8-27-20)13-21(18)16(30-21)11-14-15-3-4-23(28-9-10-29-23)19(15,2)12-22(24,25)17(14)18/h14-17,24-25H,3-13H2,1-2H3/t14-,15-,16+,17-,18+,19-,21+/m0/s1. The fourth-order valence-corrected chi connectivity index (χ4v) is 9.50. The zero-order valence-corrected chi connectivity index (χ0v) is 18.0. The molecule has 7 fully saturated rings. The van der Waals surface area contributed by atoms with Gasteiger partial charge < -0.3 is 33.9 Å². The van der Waals surface area contributed by atoms with Crippen LogP contribution in [-0.2, 0) is 23.7 Å². The highest BCUT2D eigenvalue weighted by Gasteiger charge is 2.82. The molecule has 168 valence electrons. The van der Waals surface area contributed by atoms with E-state index in [0.29, 0.717) is 45.2 Å². The third kappa shape index (κ3) is 1.99. The molecule has 7 rings (SSSR count).